The van der Waals surface area contributed by atoms with Gasteiger partial charge in [0.15, 0.2) is 0 Å². The molecule has 1 aliphatic rings. The number of aliphatic hydroxyl groups excluding tert-OH is 1. The van der Waals surface area contributed by atoms with Crippen LogP contribution in [0.5, 0.6) is 0 Å². The number of hydrogen-bond donors (Lipinski definition) is 2. The second kappa shape index (κ2) is 6.69. The van der Waals surface area contributed by atoms with E-state index in [1.165, 1.54) is 0 Å². The van der Waals surface area contributed by atoms with Crippen LogP contribution in [0.1, 0.15) is 33.6 Å². The van der Waals surface area contributed by atoms with Crippen LogP contribution in [-0.4, -0.2) is 43.7 Å². The molecule has 0 saturated carbocycles. The summed E-state index contributed by atoms with van der Waals surface area (Å²) >= 11 is 0. The molecule has 0 aromatic carbocycles. The van der Waals surface area contributed by atoms with E-state index in [1.807, 2.05) is 0 Å². The number of aliphatic hydroxyl groups is 1. The fourth-order valence-electron chi connectivity index (χ4n) is 2.00. The maximum Gasteiger partial charge on any atom is 0.0961 e. The monoisotopic (exact) mass is 245 g/mol. The van der Waals surface area contributed by atoms with Gasteiger partial charge in [-0.2, -0.15) is 0 Å². The van der Waals surface area contributed by atoms with Gasteiger partial charge < -0.3 is 20.3 Å². The lowest BCUT2D eigenvalue weighted by Crippen LogP contribution is -2.48. The topological polar surface area (TPSA) is 64.7 Å². The van der Waals surface area contributed by atoms with Crippen molar-refractivity contribution in [2.75, 3.05) is 26.4 Å². The first-order chi connectivity index (χ1) is 7.95. The molecule has 0 aliphatic carbocycles. The van der Waals surface area contributed by atoms with Gasteiger partial charge in [-0.05, 0) is 24.2 Å². The lowest BCUT2D eigenvalue weighted by molar-refractivity contribution is -0.0540. The molecule has 1 saturated heterocycles. The molecular weight excluding hydrogens is 218 g/mol. The summed E-state index contributed by atoms with van der Waals surface area (Å²) in [5.74, 6) is 0.546. The minimum absolute atomic E-state index is 0.0122. The maximum absolute atomic E-state index is 9.36. The third-order valence-corrected chi connectivity index (χ3v) is 3.47. The largest absolute Gasteiger partial charge is 0.394 e. The Morgan fingerprint density at radius 2 is 1.94 bits per heavy atom. The van der Waals surface area contributed by atoms with E-state index >= 15 is 0 Å². The van der Waals surface area contributed by atoms with Crippen LogP contribution in [0.3, 0.4) is 0 Å². The van der Waals surface area contributed by atoms with Crippen molar-refractivity contribution < 1.29 is 14.6 Å². The van der Waals surface area contributed by atoms with Crippen molar-refractivity contribution in [3.8, 4) is 0 Å². The van der Waals surface area contributed by atoms with Crippen molar-refractivity contribution >= 4 is 0 Å². The molecule has 0 radical (unpaired) electrons. The van der Waals surface area contributed by atoms with E-state index in [0.29, 0.717) is 12.5 Å². The fourth-order valence-corrected chi connectivity index (χ4v) is 2.00. The highest BCUT2D eigenvalue weighted by Crippen LogP contribution is 2.23. The van der Waals surface area contributed by atoms with Crippen LogP contribution in [0.4, 0.5) is 0 Å². The van der Waals surface area contributed by atoms with Gasteiger partial charge in [-0.25, -0.2) is 0 Å². The molecule has 0 spiro atoms. The summed E-state index contributed by atoms with van der Waals surface area (Å²) in [5.41, 5.74) is 6.06. The van der Waals surface area contributed by atoms with Crippen LogP contribution in [0.25, 0.3) is 0 Å². The van der Waals surface area contributed by atoms with Crippen LogP contribution >= 0.6 is 0 Å². The molecule has 0 aromatic rings. The third kappa shape index (κ3) is 4.92. The second-order valence-electron chi connectivity index (χ2n) is 6.00. The summed E-state index contributed by atoms with van der Waals surface area (Å²) in [4.78, 5) is 0. The average Bonchev–Trinajstić information content (AvgIpc) is 2.30. The van der Waals surface area contributed by atoms with E-state index in [-0.39, 0.29) is 24.2 Å². The average molecular weight is 245 g/mol. The smallest absolute Gasteiger partial charge is 0.0961 e. The van der Waals surface area contributed by atoms with Gasteiger partial charge in [0, 0.05) is 19.3 Å². The van der Waals surface area contributed by atoms with Gasteiger partial charge in [0.1, 0.15) is 0 Å². The summed E-state index contributed by atoms with van der Waals surface area (Å²) in [6, 6.07) is -0.146. The molecule has 2 atom stereocenters. The summed E-state index contributed by atoms with van der Waals surface area (Å²) in [6.07, 6.45) is 1.82. The maximum atomic E-state index is 9.36. The molecule has 4 nitrogen and oxygen atoms in total. The molecule has 1 fully saturated rings. The molecule has 17 heavy (non-hydrogen) atoms. The molecular formula is C13H27NO3. The van der Waals surface area contributed by atoms with Gasteiger partial charge >= 0.3 is 0 Å². The van der Waals surface area contributed by atoms with Crippen molar-refractivity contribution in [1.82, 2.24) is 0 Å². The highest BCUT2D eigenvalue weighted by atomic mass is 16.5. The first-order valence-corrected chi connectivity index (χ1v) is 6.51. The van der Waals surface area contributed by atoms with Crippen molar-refractivity contribution in [2.45, 2.75) is 45.8 Å². The lowest BCUT2D eigenvalue weighted by Gasteiger charge is -2.34. The normalized spacial score (nSPS) is 22.4. The Kier molecular flexibility index (Phi) is 5.86. The Morgan fingerprint density at radius 1 is 1.35 bits per heavy atom. The molecule has 1 heterocycles. The second-order valence-corrected chi connectivity index (χ2v) is 6.00. The number of ether oxygens (including phenoxy) is 2. The van der Waals surface area contributed by atoms with Crippen molar-refractivity contribution in [1.29, 1.82) is 0 Å². The van der Waals surface area contributed by atoms with Crippen LogP contribution in [0.15, 0.2) is 0 Å². The fraction of sp³-hybridized carbons (Fsp3) is 1.00. The van der Waals surface area contributed by atoms with Crippen molar-refractivity contribution in [3.63, 3.8) is 0 Å². The molecule has 2 unspecified atom stereocenters. The van der Waals surface area contributed by atoms with E-state index < -0.39 is 0 Å². The Hall–Kier alpha value is -0.160. The van der Waals surface area contributed by atoms with E-state index in [0.717, 1.165) is 26.1 Å². The Bertz CT molecular complexity index is 209. The first kappa shape index (κ1) is 14.9. The third-order valence-electron chi connectivity index (χ3n) is 3.47. The quantitative estimate of drug-likeness (QED) is 0.763. The number of hydrogen-bond acceptors (Lipinski definition) is 4. The van der Waals surface area contributed by atoms with Gasteiger partial charge in [-0.15, -0.1) is 0 Å². The van der Waals surface area contributed by atoms with Crippen LogP contribution in [0.2, 0.25) is 0 Å². The molecule has 1 rings (SSSR count). The minimum Gasteiger partial charge on any atom is -0.394 e. The zero-order valence-corrected chi connectivity index (χ0v) is 11.3. The number of rotatable bonds is 5. The first-order valence-electron chi connectivity index (χ1n) is 6.51. The summed E-state index contributed by atoms with van der Waals surface area (Å²) in [6.45, 7) is 8.51. The van der Waals surface area contributed by atoms with Gasteiger partial charge in [0.05, 0.1) is 19.3 Å². The predicted octanol–water partition coefficient (Wildman–Crippen LogP) is 1.16. The molecule has 102 valence electrons. The van der Waals surface area contributed by atoms with E-state index in [1.54, 1.807) is 0 Å². The molecule has 0 bridgehead atoms. The Labute approximate surface area is 104 Å². The van der Waals surface area contributed by atoms with E-state index in [9.17, 15) is 5.11 Å². The van der Waals surface area contributed by atoms with Crippen LogP contribution in [0, 0.1) is 11.3 Å². The Balaban J connectivity index is 2.35. The van der Waals surface area contributed by atoms with E-state index in [2.05, 4.69) is 20.8 Å². The van der Waals surface area contributed by atoms with E-state index in [4.69, 9.17) is 15.2 Å². The summed E-state index contributed by atoms with van der Waals surface area (Å²) < 4.78 is 11.1. The highest BCUT2D eigenvalue weighted by Gasteiger charge is 2.30. The SMILES string of the molecule is CC(C)(C)C(N)C(CO)OCC1CCOCC1. The van der Waals surface area contributed by atoms with Crippen LogP contribution < -0.4 is 5.73 Å². The predicted molar refractivity (Wildman–Crippen MR) is 67.8 cm³/mol. The zero-order valence-electron chi connectivity index (χ0n) is 11.3. The lowest BCUT2D eigenvalue weighted by atomic mass is 9.84. The van der Waals surface area contributed by atoms with Gasteiger partial charge in [-0.1, -0.05) is 20.8 Å². The van der Waals surface area contributed by atoms with Crippen LogP contribution in [-0.2, 0) is 9.47 Å². The number of nitrogens with two attached hydrogens (primary N) is 1. The van der Waals surface area contributed by atoms with Gasteiger partial charge in [0.25, 0.3) is 0 Å². The van der Waals surface area contributed by atoms with Crippen molar-refractivity contribution in [3.05, 3.63) is 0 Å². The molecule has 0 aromatic heterocycles. The molecule has 4 heteroatoms. The highest BCUT2D eigenvalue weighted by molar-refractivity contribution is 4.84. The Morgan fingerprint density at radius 3 is 2.41 bits per heavy atom. The molecule has 0 amide bonds. The van der Waals surface area contributed by atoms with Gasteiger partial charge in [0.2, 0.25) is 0 Å². The van der Waals surface area contributed by atoms with Crippen molar-refractivity contribution in [2.24, 2.45) is 17.1 Å². The summed E-state index contributed by atoms with van der Waals surface area (Å²) in [5, 5.41) is 9.36. The molecule has 1 aliphatic heterocycles. The zero-order chi connectivity index (χ0) is 12.9. The molecule has 3 N–H and O–H groups in total. The minimum atomic E-state index is -0.266. The standard InChI is InChI=1S/C13H27NO3/c1-13(2,3)12(14)11(8-15)17-9-10-4-6-16-7-5-10/h10-12,15H,4-9,14H2,1-3H3. The summed E-state index contributed by atoms with van der Waals surface area (Å²) in [7, 11) is 0. The van der Waals surface area contributed by atoms with Gasteiger partial charge in [-0.3, -0.25) is 0 Å².